The summed E-state index contributed by atoms with van der Waals surface area (Å²) in [6.45, 7) is 21.8. The minimum absolute atomic E-state index is 0.143. The Morgan fingerprint density at radius 1 is 0.929 bits per heavy atom. The van der Waals surface area contributed by atoms with E-state index in [4.69, 9.17) is 0 Å². The van der Waals surface area contributed by atoms with Gasteiger partial charge in [-0.2, -0.15) is 0 Å². The first-order valence-electron chi connectivity index (χ1n) is 15.7. The van der Waals surface area contributed by atoms with E-state index < -0.39 is 0 Å². The van der Waals surface area contributed by atoms with E-state index in [9.17, 15) is 4.79 Å². The fourth-order valence-corrected chi connectivity index (χ4v) is 4.61. The number of rotatable bonds is 9. The Morgan fingerprint density at radius 3 is 2.05 bits per heavy atom. The van der Waals surface area contributed by atoms with Crippen molar-refractivity contribution in [3.63, 3.8) is 0 Å². The average molecular weight is 571 g/mol. The molecule has 0 unspecified atom stereocenters. The second-order valence-electron chi connectivity index (χ2n) is 11.3. The van der Waals surface area contributed by atoms with E-state index in [0.29, 0.717) is 12.5 Å². The summed E-state index contributed by atoms with van der Waals surface area (Å²) in [5.74, 6) is 0.561. The van der Waals surface area contributed by atoms with Crippen LogP contribution in [0.4, 0.5) is 10.5 Å². The van der Waals surface area contributed by atoms with E-state index in [0.717, 1.165) is 62.4 Å². The van der Waals surface area contributed by atoms with Gasteiger partial charge in [-0.1, -0.05) is 114 Å². The molecule has 5 heteroatoms. The lowest BCUT2D eigenvalue weighted by Crippen LogP contribution is -2.42. The molecule has 3 aromatic carbocycles. The molecule has 1 saturated heterocycles. The van der Waals surface area contributed by atoms with Gasteiger partial charge >= 0.3 is 6.03 Å². The van der Waals surface area contributed by atoms with Crippen LogP contribution in [0.2, 0.25) is 0 Å². The topological polar surface area (TPSA) is 56.4 Å². The molecule has 42 heavy (non-hydrogen) atoms. The third-order valence-corrected chi connectivity index (χ3v) is 6.95. The largest absolute Gasteiger partial charge is 0.369 e. The van der Waals surface area contributed by atoms with Crippen molar-refractivity contribution in [2.75, 3.05) is 38.0 Å². The van der Waals surface area contributed by atoms with Gasteiger partial charge in [0.1, 0.15) is 0 Å². The minimum Gasteiger partial charge on any atom is -0.369 e. The van der Waals surface area contributed by atoms with Crippen LogP contribution in [-0.4, -0.2) is 43.7 Å². The van der Waals surface area contributed by atoms with Gasteiger partial charge in [-0.05, 0) is 60.9 Å². The highest BCUT2D eigenvalue weighted by atomic mass is 16.2. The molecule has 0 radical (unpaired) electrons. The molecule has 4 rings (SSSR count). The van der Waals surface area contributed by atoms with Gasteiger partial charge in [0.25, 0.3) is 0 Å². The average Bonchev–Trinajstić information content (AvgIpc) is 2.99. The van der Waals surface area contributed by atoms with Crippen LogP contribution in [0.1, 0.15) is 75.3 Å². The van der Waals surface area contributed by atoms with Crippen LogP contribution >= 0.6 is 0 Å². The molecule has 0 bridgehead atoms. The highest BCUT2D eigenvalue weighted by Gasteiger charge is 2.18. The third kappa shape index (κ3) is 12.5. The number of hydrogen-bond acceptors (Lipinski definition) is 3. The molecule has 1 aliphatic heterocycles. The molecule has 2 amide bonds. The Bertz CT molecular complexity index is 1190. The summed E-state index contributed by atoms with van der Waals surface area (Å²) < 4.78 is 0. The molecular formula is C37H54N4O. The highest BCUT2D eigenvalue weighted by molar-refractivity contribution is 5.91. The number of aryl methyl sites for hydroxylation is 2. The summed E-state index contributed by atoms with van der Waals surface area (Å²) in [4.78, 5) is 15.0. The molecule has 228 valence electrons. The first kappa shape index (κ1) is 34.6. The van der Waals surface area contributed by atoms with Gasteiger partial charge in [-0.15, -0.1) is 0 Å². The van der Waals surface area contributed by atoms with Crippen LogP contribution in [0.5, 0.6) is 0 Å². The van der Waals surface area contributed by atoms with Gasteiger partial charge in [0.05, 0.1) is 0 Å². The molecule has 0 atom stereocenters. The van der Waals surface area contributed by atoms with E-state index >= 15 is 0 Å². The lowest BCUT2D eigenvalue weighted by molar-refractivity contribution is 0.251. The molecule has 3 aromatic rings. The number of hydrogen-bond donors (Lipinski definition) is 3. The number of nitrogens with zero attached hydrogens (tertiary/aromatic N) is 1. The lowest BCUT2D eigenvalue weighted by atomic mass is 9.94. The van der Waals surface area contributed by atoms with Gasteiger partial charge in [0.2, 0.25) is 0 Å². The highest BCUT2D eigenvalue weighted by Crippen LogP contribution is 2.30. The number of nitrogens with one attached hydrogen (secondary N) is 3. The zero-order valence-corrected chi connectivity index (χ0v) is 26.9. The Balaban J connectivity index is 0.000000523. The number of amides is 2. The fourth-order valence-electron chi connectivity index (χ4n) is 4.61. The van der Waals surface area contributed by atoms with Crippen LogP contribution in [-0.2, 0) is 12.8 Å². The van der Waals surface area contributed by atoms with Gasteiger partial charge in [-0.25, -0.2) is 4.79 Å². The molecular weight excluding hydrogens is 516 g/mol. The molecule has 5 nitrogen and oxygen atoms in total. The van der Waals surface area contributed by atoms with Crippen molar-refractivity contribution >= 4 is 17.4 Å². The van der Waals surface area contributed by atoms with Gasteiger partial charge in [0.15, 0.2) is 0 Å². The Kier molecular flexibility index (Phi) is 16.1. The van der Waals surface area contributed by atoms with Crippen molar-refractivity contribution in [3.05, 3.63) is 107 Å². The Hall–Kier alpha value is -3.57. The summed E-state index contributed by atoms with van der Waals surface area (Å²) in [5, 5.41) is 9.53. The van der Waals surface area contributed by atoms with Crippen molar-refractivity contribution < 1.29 is 4.79 Å². The van der Waals surface area contributed by atoms with E-state index in [1.807, 2.05) is 24.3 Å². The second kappa shape index (κ2) is 19.5. The van der Waals surface area contributed by atoms with Crippen LogP contribution in [0.25, 0.3) is 5.70 Å². The summed E-state index contributed by atoms with van der Waals surface area (Å²) in [6.07, 6.45) is 3.86. The quantitative estimate of drug-likeness (QED) is 0.243. The van der Waals surface area contributed by atoms with Gasteiger partial charge < -0.3 is 20.9 Å². The molecule has 1 fully saturated rings. The maximum absolute atomic E-state index is 12.6. The van der Waals surface area contributed by atoms with Crippen LogP contribution < -0.4 is 16.0 Å². The number of carbonyl (C=O) groups is 1. The molecule has 0 saturated carbocycles. The van der Waals surface area contributed by atoms with E-state index in [1.54, 1.807) is 0 Å². The van der Waals surface area contributed by atoms with Crippen LogP contribution in [0, 0.1) is 12.8 Å². The van der Waals surface area contributed by atoms with E-state index in [1.165, 1.54) is 28.7 Å². The summed E-state index contributed by atoms with van der Waals surface area (Å²) in [7, 11) is 0. The van der Waals surface area contributed by atoms with Crippen molar-refractivity contribution in [1.82, 2.24) is 15.5 Å². The number of anilines is 1. The first-order valence-corrected chi connectivity index (χ1v) is 15.7. The SMILES string of the molecule is C=C(c1cc(Cc2ccccc2)c(NC(=O)NCCC(C)C)cc1CC)N1CCNCC1.CCC.Cc1ccccc1. The maximum atomic E-state index is 12.6. The number of benzene rings is 3. The smallest absolute Gasteiger partial charge is 0.319 e. The molecule has 3 N–H and O–H groups in total. The first-order chi connectivity index (χ1) is 20.3. The molecule has 1 aliphatic rings. The molecule has 0 aliphatic carbocycles. The lowest BCUT2D eigenvalue weighted by Gasteiger charge is -2.32. The second-order valence-corrected chi connectivity index (χ2v) is 11.3. The third-order valence-electron chi connectivity index (χ3n) is 6.95. The summed E-state index contributed by atoms with van der Waals surface area (Å²) >= 11 is 0. The van der Waals surface area contributed by atoms with Gasteiger partial charge in [0, 0.05) is 49.7 Å². The minimum atomic E-state index is -0.143. The predicted molar refractivity (Wildman–Crippen MR) is 182 cm³/mol. The van der Waals surface area contributed by atoms with Crippen molar-refractivity contribution in [2.45, 2.75) is 67.2 Å². The number of carbonyl (C=O) groups excluding carboxylic acids is 1. The zero-order chi connectivity index (χ0) is 30.7. The molecule has 1 heterocycles. The summed E-state index contributed by atoms with van der Waals surface area (Å²) in [5.41, 5.74) is 8.00. The monoisotopic (exact) mass is 570 g/mol. The normalized spacial score (nSPS) is 12.4. The number of piperazine rings is 1. The van der Waals surface area contributed by atoms with Crippen molar-refractivity contribution in [1.29, 1.82) is 0 Å². The fraction of sp³-hybridized carbons (Fsp3) is 0.432. The Labute approximate surface area is 255 Å². The Morgan fingerprint density at radius 2 is 1.52 bits per heavy atom. The standard InChI is InChI=1S/C27H38N4O.C7H8.C3H8/c1-5-23-19-26(30-27(32)29-12-11-20(2)3)24(17-22-9-7-6-8-10-22)18-25(23)21(4)31-15-13-28-14-16-31;1-7-5-3-2-4-6-7;1-3-2/h6-10,18-20,28H,4-5,11-17H2,1-3H3,(H2,29,30,32);2-6H,1H3;3H2,1-2H3. The molecule has 0 aromatic heterocycles. The van der Waals surface area contributed by atoms with Crippen LogP contribution in [0.3, 0.4) is 0 Å². The van der Waals surface area contributed by atoms with Crippen molar-refractivity contribution in [2.24, 2.45) is 5.92 Å². The maximum Gasteiger partial charge on any atom is 0.319 e. The predicted octanol–water partition coefficient (Wildman–Crippen LogP) is 8.29. The number of urea groups is 1. The molecule has 0 spiro atoms. The van der Waals surface area contributed by atoms with Gasteiger partial charge in [-0.3, -0.25) is 0 Å². The summed E-state index contributed by atoms with van der Waals surface area (Å²) in [6, 6.07) is 24.9. The van der Waals surface area contributed by atoms with E-state index in [-0.39, 0.29) is 6.03 Å². The van der Waals surface area contributed by atoms with E-state index in [2.05, 4.69) is 118 Å². The van der Waals surface area contributed by atoms with Crippen molar-refractivity contribution in [3.8, 4) is 0 Å². The van der Waals surface area contributed by atoms with Crippen LogP contribution in [0.15, 0.2) is 79.4 Å². The zero-order valence-electron chi connectivity index (χ0n) is 26.9.